The minimum atomic E-state index is -4.52. The molecule has 1 fully saturated rings. The lowest BCUT2D eigenvalue weighted by Gasteiger charge is -2.14. The molecule has 33 heavy (non-hydrogen) atoms. The number of methoxy groups -OCH3 is 1. The highest BCUT2D eigenvalue weighted by Crippen LogP contribution is 2.39. The number of likely N-dealkylation sites (N-methyl/N-ethyl adjacent to an activating group) is 1. The summed E-state index contributed by atoms with van der Waals surface area (Å²) < 4.78 is 50.3. The van der Waals surface area contributed by atoms with Gasteiger partial charge in [0.05, 0.1) is 22.1 Å². The minimum absolute atomic E-state index is 0.00644. The molecule has 0 spiro atoms. The summed E-state index contributed by atoms with van der Waals surface area (Å²) in [4.78, 5) is 26.2. The van der Waals surface area contributed by atoms with E-state index in [1.807, 2.05) is 0 Å². The maximum atomic E-state index is 12.8. The van der Waals surface area contributed by atoms with Crippen LogP contribution in [0.25, 0.3) is 6.08 Å². The molecule has 2 aromatic rings. The van der Waals surface area contributed by atoms with Gasteiger partial charge in [0.1, 0.15) is 4.32 Å². The summed E-state index contributed by atoms with van der Waals surface area (Å²) in [6, 6.07) is 7.58. The number of halogens is 4. The van der Waals surface area contributed by atoms with Gasteiger partial charge >= 0.3 is 6.18 Å². The predicted octanol–water partition coefficient (Wildman–Crippen LogP) is 5.33. The van der Waals surface area contributed by atoms with Gasteiger partial charge < -0.3 is 14.8 Å². The third-order valence-corrected chi connectivity index (χ3v) is 6.43. The Kier molecular flexibility index (Phi) is 7.70. The zero-order valence-corrected chi connectivity index (χ0v) is 20.4. The van der Waals surface area contributed by atoms with Crippen molar-refractivity contribution < 1.29 is 32.2 Å². The van der Waals surface area contributed by atoms with Gasteiger partial charge in [0.25, 0.3) is 11.8 Å². The van der Waals surface area contributed by atoms with E-state index in [4.69, 9.17) is 21.7 Å². The zero-order chi connectivity index (χ0) is 24.3. The summed E-state index contributed by atoms with van der Waals surface area (Å²) in [5.41, 5.74) is -0.248. The van der Waals surface area contributed by atoms with E-state index < -0.39 is 24.3 Å². The molecule has 6 nitrogen and oxygen atoms in total. The lowest BCUT2D eigenvalue weighted by atomic mass is 10.2. The molecular weight excluding hydrogens is 545 g/mol. The van der Waals surface area contributed by atoms with Crippen molar-refractivity contribution in [2.75, 3.05) is 26.1 Å². The topological polar surface area (TPSA) is 67.9 Å². The molecule has 12 heteroatoms. The van der Waals surface area contributed by atoms with Gasteiger partial charge in [0.15, 0.2) is 18.1 Å². The number of carbonyl (C=O) groups is 2. The number of ether oxygens (including phenoxy) is 2. The van der Waals surface area contributed by atoms with Gasteiger partial charge in [0.2, 0.25) is 0 Å². The van der Waals surface area contributed by atoms with Gasteiger partial charge in [0, 0.05) is 12.7 Å². The van der Waals surface area contributed by atoms with Gasteiger partial charge in [-0.1, -0.05) is 30.0 Å². The molecule has 0 unspecified atom stereocenters. The second-order valence-corrected chi connectivity index (χ2v) is 9.22. The van der Waals surface area contributed by atoms with Crippen molar-refractivity contribution in [2.24, 2.45) is 0 Å². The van der Waals surface area contributed by atoms with E-state index in [1.165, 1.54) is 35.9 Å². The Hall–Kier alpha value is -2.57. The van der Waals surface area contributed by atoms with Crippen LogP contribution in [-0.4, -0.2) is 41.8 Å². The van der Waals surface area contributed by atoms with Gasteiger partial charge in [-0.3, -0.25) is 14.5 Å². The number of nitrogens with zero attached hydrogens (tertiary/aromatic N) is 1. The van der Waals surface area contributed by atoms with Crippen LogP contribution in [0.15, 0.2) is 45.8 Å². The lowest BCUT2D eigenvalue weighted by Crippen LogP contribution is -2.22. The average Bonchev–Trinajstić information content (AvgIpc) is 2.98. The monoisotopic (exact) mass is 560 g/mol. The Morgan fingerprint density at radius 1 is 1.30 bits per heavy atom. The molecule has 1 aliphatic heterocycles. The third kappa shape index (κ3) is 6.06. The fraction of sp³-hybridized carbons (Fsp3) is 0.190. The smallest absolute Gasteiger partial charge is 0.416 e. The molecule has 0 saturated carbocycles. The van der Waals surface area contributed by atoms with E-state index in [9.17, 15) is 22.8 Å². The molecule has 2 aromatic carbocycles. The van der Waals surface area contributed by atoms with Crippen LogP contribution >= 0.6 is 39.9 Å². The zero-order valence-electron chi connectivity index (χ0n) is 17.2. The van der Waals surface area contributed by atoms with Crippen LogP contribution in [0.5, 0.6) is 11.5 Å². The highest BCUT2D eigenvalue weighted by molar-refractivity contribution is 9.10. The lowest BCUT2D eigenvalue weighted by molar-refractivity contribution is -0.137. The van der Waals surface area contributed by atoms with Crippen LogP contribution in [0, 0.1) is 0 Å². The van der Waals surface area contributed by atoms with E-state index in [-0.39, 0.29) is 23.1 Å². The SMILES string of the molecule is COc1cc(/C=C2\SC(=S)N(C)C2=O)cc(Br)c1OCC(=O)Nc1cccc(C(F)(F)F)c1. The van der Waals surface area contributed by atoms with Gasteiger partial charge in [-0.15, -0.1) is 0 Å². The quantitative estimate of drug-likeness (QED) is 0.380. The van der Waals surface area contributed by atoms with Crippen molar-refractivity contribution >= 4 is 67.8 Å². The molecule has 0 aromatic heterocycles. The summed E-state index contributed by atoms with van der Waals surface area (Å²) in [7, 11) is 3.00. The first-order valence-electron chi connectivity index (χ1n) is 9.18. The highest BCUT2D eigenvalue weighted by atomic mass is 79.9. The first kappa shape index (κ1) is 25.1. The Morgan fingerprint density at radius 2 is 2.03 bits per heavy atom. The Bertz CT molecular complexity index is 1150. The molecular formula is C21H16BrF3N2O4S2. The highest BCUT2D eigenvalue weighted by Gasteiger charge is 2.31. The molecule has 1 N–H and O–H groups in total. The van der Waals surface area contributed by atoms with E-state index in [0.29, 0.717) is 19.3 Å². The maximum Gasteiger partial charge on any atom is 0.416 e. The number of benzene rings is 2. The summed E-state index contributed by atoms with van der Waals surface area (Å²) in [6.45, 7) is -0.473. The van der Waals surface area contributed by atoms with Crippen molar-refractivity contribution in [3.8, 4) is 11.5 Å². The number of alkyl halides is 3. The molecule has 1 saturated heterocycles. The van der Waals surface area contributed by atoms with Crippen LogP contribution in [-0.2, 0) is 15.8 Å². The normalized spacial score (nSPS) is 15.2. The van der Waals surface area contributed by atoms with Crippen molar-refractivity contribution in [3.63, 3.8) is 0 Å². The maximum absolute atomic E-state index is 12.8. The number of rotatable bonds is 6. The summed E-state index contributed by atoms with van der Waals surface area (Å²) >= 11 is 9.65. The number of carbonyl (C=O) groups excluding carboxylic acids is 2. The first-order chi connectivity index (χ1) is 15.5. The fourth-order valence-corrected chi connectivity index (χ4v) is 4.52. The second-order valence-electron chi connectivity index (χ2n) is 6.69. The molecule has 0 radical (unpaired) electrons. The van der Waals surface area contributed by atoms with Gasteiger partial charge in [-0.05, 0) is 57.9 Å². The largest absolute Gasteiger partial charge is 0.493 e. The number of thioether (sulfide) groups is 1. The van der Waals surface area contributed by atoms with Crippen LogP contribution < -0.4 is 14.8 Å². The number of amides is 2. The van der Waals surface area contributed by atoms with Crippen LogP contribution in [0.1, 0.15) is 11.1 Å². The van der Waals surface area contributed by atoms with E-state index in [2.05, 4.69) is 21.2 Å². The Morgan fingerprint density at radius 3 is 2.64 bits per heavy atom. The van der Waals surface area contributed by atoms with E-state index in [1.54, 1.807) is 25.3 Å². The number of anilines is 1. The molecule has 1 heterocycles. The van der Waals surface area contributed by atoms with Crippen molar-refractivity contribution in [1.82, 2.24) is 4.90 Å². The number of hydrogen-bond donors (Lipinski definition) is 1. The van der Waals surface area contributed by atoms with Crippen LogP contribution in [0.3, 0.4) is 0 Å². The van der Waals surface area contributed by atoms with Crippen molar-refractivity contribution in [3.05, 3.63) is 56.9 Å². The third-order valence-electron chi connectivity index (χ3n) is 4.36. The number of hydrogen-bond acceptors (Lipinski definition) is 6. The summed E-state index contributed by atoms with van der Waals surface area (Å²) in [5, 5.41) is 2.37. The van der Waals surface area contributed by atoms with Crippen LogP contribution in [0.2, 0.25) is 0 Å². The molecule has 174 valence electrons. The molecule has 1 aliphatic rings. The molecule has 0 atom stereocenters. The van der Waals surface area contributed by atoms with Crippen LogP contribution in [0.4, 0.5) is 18.9 Å². The second kappa shape index (κ2) is 10.1. The average molecular weight is 561 g/mol. The molecule has 0 aliphatic carbocycles. The molecule has 2 amide bonds. The number of nitrogens with one attached hydrogen (secondary N) is 1. The van der Waals surface area contributed by atoms with E-state index >= 15 is 0 Å². The Labute approximate surface area is 205 Å². The number of thiocarbonyl (C=S) groups is 1. The van der Waals surface area contributed by atoms with Crippen molar-refractivity contribution in [1.29, 1.82) is 0 Å². The molecule has 0 bridgehead atoms. The summed E-state index contributed by atoms with van der Waals surface area (Å²) in [6.07, 6.45) is -2.87. The molecule has 3 rings (SSSR count). The predicted molar refractivity (Wildman–Crippen MR) is 127 cm³/mol. The van der Waals surface area contributed by atoms with E-state index in [0.717, 1.165) is 12.1 Å². The van der Waals surface area contributed by atoms with Gasteiger partial charge in [-0.2, -0.15) is 13.2 Å². The fourth-order valence-electron chi connectivity index (χ4n) is 2.77. The minimum Gasteiger partial charge on any atom is -0.493 e. The van der Waals surface area contributed by atoms with Gasteiger partial charge in [-0.25, -0.2) is 0 Å². The summed E-state index contributed by atoms with van der Waals surface area (Å²) in [5.74, 6) is -0.364. The Balaban J connectivity index is 1.72. The first-order valence-corrected chi connectivity index (χ1v) is 11.2. The van der Waals surface area contributed by atoms with Crippen molar-refractivity contribution in [2.45, 2.75) is 6.18 Å². The standard InChI is InChI=1S/C21H16BrF3N2O4S2/c1-27-19(29)16(33-20(27)32)8-11-6-14(22)18(15(7-11)30-2)31-10-17(28)26-13-5-3-4-12(9-13)21(23,24)25/h3-9H,10H2,1-2H3,(H,26,28)/b16-8-.